The molecule has 0 spiro atoms. The summed E-state index contributed by atoms with van der Waals surface area (Å²) in [5.41, 5.74) is 5.28. The largest absolute Gasteiger partial charge is 0.378 e. The average molecular weight is 299 g/mol. The zero-order valence-corrected chi connectivity index (χ0v) is 12.8. The van der Waals surface area contributed by atoms with Gasteiger partial charge in [-0.3, -0.25) is 9.59 Å². The molecule has 2 saturated heterocycles. The highest BCUT2D eigenvalue weighted by Crippen LogP contribution is 2.23. The van der Waals surface area contributed by atoms with Crippen LogP contribution in [-0.4, -0.2) is 80.3 Å². The van der Waals surface area contributed by atoms with Crippen LogP contribution in [-0.2, 0) is 19.1 Å². The van der Waals surface area contributed by atoms with Crippen LogP contribution in [0.25, 0.3) is 0 Å². The summed E-state index contributed by atoms with van der Waals surface area (Å²) in [7, 11) is 2.02. The molecule has 2 amide bonds. The molecule has 0 bridgehead atoms. The standard InChI is InChI=1S/C14H25N3O4/c1-10-12(3-5-20-10)14(19)17(9-13(15)18)8-11-7-16(2)4-6-21-11/h10-12H,3-9H2,1-2H3,(H2,15,18). The summed E-state index contributed by atoms with van der Waals surface area (Å²) in [5.74, 6) is -0.750. The zero-order valence-electron chi connectivity index (χ0n) is 12.8. The first-order valence-corrected chi connectivity index (χ1v) is 7.46. The molecule has 3 atom stereocenters. The number of rotatable bonds is 5. The molecule has 21 heavy (non-hydrogen) atoms. The van der Waals surface area contributed by atoms with Crippen LogP contribution in [0, 0.1) is 5.92 Å². The summed E-state index contributed by atoms with van der Waals surface area (Å²) < 4.78 is 11.1. The first-order chi connectivity index (χ1) is 9.97. The Labute approximate surface area is 125 Å². The Bertz CT molecular complexity index is 390. The Morgan fingerprint density at radius 1 is 1.33 bits per heavy atom. The number of hydrogen-bond acceptors (Lipinski definition) is 5. The minimum Gasteiger partial charge on any atom is -0.378 e. The summed E-state index contributed by atoms with van der Waals surface area (Å²) in [6.07, 6.45) is 0.508. The monoisotopic (exact) mass is 299 g/mol. The van der Waals surface area contributed by atoms with Crippen LogP contribution in [0.3, 0.4) is 0 Å². The molecule has 2 fully saturated rings. The maximum Gasteiger partial charge on any atom is 0.237 e. The number of amides is 2. The second kappa shape index (κ2) is 7.20. The summed E-state index contributed by atoms with van der Waals surface area (Å²) in [4.78, 5) is 27.6. The molecule has 0 aliphatic carbocycles. The van der Waals surface area contributed by atoms with Gasteiger partial charge in [0.05, 0.1) is 31.3 Å². The summed E-state index contributed by atoms with van der Waals surface area (Å²) >= 11 is 0. The predicted molar refractivity (Wildman–Crippen MR) is 76.5 cm³/mol. The molecule has 0 aromatic rings. The lowest BCUT2D eigenvalue weighted by Gasteiger charge is -2.34. The van der Waals surface area contributed by atoms with Gasteiger partial charge in [0.15, 0.2) is 0 Å². The molecule has 2 rings (SSSR count). The van der Waals surface area contributed by atoms with Crippen molar-refractivity contribution in [1.29, 1.82) is 0 Å². The maximum atomic E-state index is 12.6. The van der Waals surface area contributed by atoms with Crippen LogP contribution in [0.4, 0.5) is 0 Å². The van der Waals surface area contributed by atoms with Crippen molar-refractivity contribution in [3.63, 3.8) is 0 Å². The third-order valence-electron chi connectivity index (χ3n) is 4.12. The number of likely N-dealkylation sites (N-methyl/N-ethyl adjacent to an activating group) is 1. The van der Waals surface area contributed by atoms with Crippen molar-refractivity contribution in [2.45, 2.75) is 25.6 Å². The minimum absolute atomic E-state index is 0.0596. The lowest BCUT2D eigenvalue weighted by atomic mass is 10.0. The number of carbonyl (C=O) groups is 2. The molecule has 120 valence electrons. The second-order valence-electron chi connectivity index (χ2n) is 5.91. The van der Waals surface area contributed by atoms with Crippen LogP contribution < -0.4 is 5.73 Å². The Hall–Kier alpha value is -1.18. The SMILES string of the molecule is CC1OCCC1C(=O)N(CC(N)=O)CC1CN(C)CCO1. The first kappa shape index (κ1) is 16.2. The van der Waals surface area contributed by atoms with E-state index in [1.165, 1.54) is 4.90 Å². The van der Waals surface area contributed by atoms with E-state index in [9.17, 15) is 9.59 Å². The third kappa shape index (κ3) is 4.39. The topological polar surface area (TPSA) is 85.1 Å². The van der Waals surface area contributed by atoms with Crippen molar-refractivity contribution >= 4 is 11.8 Å². The molecule has 0 saturated carbocycles. The van der Waals surface area contributed by atoms with Gasteiger partial charge >= 0.3 is 0 Å². The van der Waals surface area contributed by atoms with Crippen LogP contribution >= 0.6 is 0 Å². The molecule has 2 aliphatic rings. The molecule has 2 N–H and O–H groups in total. The summed E-state index contributed by atoms with van der Waals surface area (Å²) in [5, 5.41) is 0. The molecular formula is C14H25N3O4. The van der Waals surface area contributed by atoms with Crippen LogP contribution in [0.15, 0.2) is 0 Å². The van der Waals surface area contributed by atoms with E-state index in [1.807, 2.05) is 14.0 Å². The number of primary amides is 1. The fourth-order valence-corrected chi connectivity index (χ4v) is 2.93. The van der Waals surface area contributed by atoms with E-state index in [0.29, 0.717) is 26.2 Å². The smallest absolute Gasteiger partial charge is 0.237 e. The van der Waals surface area contributed by atoms with E-state index in [4.69, 9.17) is 15.2 Å². The average Bonchev–Trinajstić information content (AvgIpc) is 2.83. The highest BCUT2D eigenvalue weighted by molar-refractivity contribution is 5.85. The lowest BCUT2D eigenvalue weighted by molar-refractivity contribution is -0.143. The van der Waals surface area contributed by atoms with E-state index < -0.39 is 5.91 Å². The van der Waals surface area contributed by atoms with Gasteiger partial charge in [-0.1, -0.05) is 0 Å². The number of carbonyl (C=O) groups excluding carboxylic acids is 2. The molecule has 3 unspecified atom stereocenters. The van der Waals surface area contributed by atoms with Gasteiger partial charge < -0.3 is 25.0 Å². The molecule has 0 aromatic carbocycles. The van der Waals surface area contributed by atoms with Crippen LogP contribution in [0.2, 0.25) is 0 Å². The second-order valence-corrected chi connectivity index (χ2v) is 5.91. The van der Waals surface area contributed by atoms with Crippen molar-refractivity contribution in [1.82, 2.24) is 9.80 Å². The number of nitrogens with two attached hydrogens (primary N) is 1. The molecule has 0 radical (unpaired) electrons. The lowest BCUT2D eigenvalue weighted by Crippen LogP contribution is -2.51. The van der Waals surface area contributed by atoms with E-state index in [2.05, 4.69) is 4.90 Å². The highest BCUT2D eigenvalue weighted by Gasteiger charge is 2.35. The van der Waals surface area contributed by atoms with Gasteiger partial charge in [0, 0.05) is 26.2 Å². The van der Waals surface area contributed by atoms with E-state index >= 15 is 0 Å². The van der Waals surface area contributed by atoms with Crippen LogP contribution in [0.5, 0.6) is 0 Å². The quantitative estimate of drug-likeness (QED) is 0.708. The van der Waals surface area contributed by atoms with Gasteiger partial charge in [-0.05, 0) is 20.4 Å². The fourth-order valence-electron chi connectivity index (χ4n) is 2.93. The highest BCUT2D eigenvalue weighted by atomic mass is 16.5. The van der Waals surface area contributed by atoms with Crippen molar-refractivity contribution in [3.05, 3.63) is 0 Å². The minimum atomic E-state index is -0.501. The Kier molecular flexibility index (Phi) is 5.55. The molecule has 0 aromatic heterocycles. The van der Waals surface area contributed by atoms with E-state index in [1.54, 1.807) is 0 Å². The van der Waals surface area contributed by atoms with E-state index in [0.717, 1.165) is 13.1 Å². The van der Waals surface area contributed by atoms with Crippen molar-refractivity contribution < 1.29 is 19.1 Å². The predicted octanol–water partition coefficient (Wildman–Crippen LogP) is -0.944. The summed E-state index contributed by atoms with van der Waals surface area (Å²) in [6, 6.07) is 0. The molecular weight excluding hydrogens is 274 g/mol. The Balaban J connectivity index is 1.99. The Morgan fingerprint density at radius 2 is 2.10 bits per heavy atom. The van der Waals surface area contributed by atoms with E-state index in [-0.39, 0.29) is 30.6 Å². The normalized spacial score (nSPS) is 30.3. The fraction of sp³-hybridized carbons (Fsp3) is 0.857. The van der Waals surface area contributed by atoms with Crippen molar-refractivity contribution in [2.75, 3.05) is 46.4 Å². The molecule has 2 heterocycles. The van der Waals surface area contributed by atoms with Gasteiger partial charge in [0.25, 0.3) is 0 Å². The molecule has 7 nitrogen and oxygen atoms in total. The van der Waals surface area contributed by atoms with Gasteiger partial charge in [0.2, 0.25) is 11.8 Å². The molecule has 7 heteroatoms. The zero-order chi connectivity index (χ0) is 15.4. The van der Waals surface area contributed by atoms with Gasteiger partial charge in [-0.15, -0.1) is 0 Å². The summed E-state index contributed by atoms with van der Waals surface area (Å²) in [6.45, 7) is 5.09. The number of ether oxygens (including phenoxy) is 2. The maximum absolute atomic E-state index is 12.6. The van der Waals surface area contributed by atoms with Gasteiger partial charge in [-0.2, -0.15) is 0 Å². The number of morpholine rings is 1. The number of nitrogens with zero attached hydrogens (tertiary/aromatic N) is 2. The van der Waals surface area contributed by atoms with Gasteiger partial charge in [-0.25, -0.2) is 0 Å². The third-order valence-corrected chi connectivity index (χ3v) is 4.12. The Morgan fingerprint density at radius 3 is 2.67 bits per heavy atom. The number of hydrogen-bond donors (Lipinski definition) is 1. The van der Waals surface area contributed by atoms with Crippen molar-refractivity contribution in [2.24, 2.45) is 11.7 Å². The van der Waals surface area contributed by atoms with Crippen LogP contribution in [0.1, 0.15) is 13.3 Å². The van der Waals surface area contributed by atoms with Crippen molar-refractivity contribution in [3.8, 4) is 0 Å². The van der Waals surface area contributed by atoms with Gasteiger partial charge in [0.1, 0.15) is 0 Å². The molecule has 2 aliphatic heterocycles. The first-order valence-electron chi connectivity index (χ1n) is 7.46.